The first kappa shape index (κ1) is 20.8. The first-order valence-corrected chi connectivity index (χ1v) is 9.70. The SMILES string of the molecule is Cc1noc2ncc(C(=O)N[C@@H](CN3CCCC3=O)c3cccc(C(F)(F)F)c3)cc12. The highest BCUT2D eigenvalue weighted by molar-refractivity contribution is 5.97. The van der Waals surface area contributed by atoms with Crippen LogP contribution in [0.4, 0.5) is 13.2 Å². The fourth-order valence-electron chi connectivity index (χ4n) is 3.59. The van der Waals surface area contributed by atoms with Gasteiger partial charge in [0.05, 0.1) is 28.2 Å². The quantitative estimate of drug-likeness (QED) is 0.665. The number of carbonyl (C=O) groups excluding carboxylic acids is 2. The molecule has 1 fully saturated rings. The van der Waals surface area contributed by atoms with Gasteiger partial charge in [0.25, 0.3) is 11.6 Å². The van der Waals surface area contributed by atoms with E-state index in [4.69, 9.17) is 4.52 Å². The maximum Gasteiger partial charge on any atom is 0.416 e. The highest BCUT2D eigenvalue weighted by atomic mass is 19.4. The summed E-state index contributed by atoms with van der Waals surface area (Å²) < 4.78 is 44.7. The number of hydrogen-bond acceptors (Lipinski definition) is 5. The van der Waals surface area contributed by atoms with E-state index in [0.717, 1.165) is 12.1 Å². The monoisotopic (exact) mass is 432 g/mol. The second-order valence-corrected chi connectivity index (χ2v) is 7.44. The number of aromatic nitrogens is 2. The molecule has 0 aliphatic carbocycles. The number of aryl methyl sites for hydroxylation is 1. The summed E-state index contributed by atoms with van der Waals surface area (Å²) in [6.45, 7) is 2.28. The zero-order chi connectivity index (χ0) is 22.2. The maximum absolute atomic E-state index is 13.2. The summed E-state index contributed by atoms with van der Waals surface area (Å²) in [5.41, 5.74) is 0.502. The predicted octanol–water partition coefficient (Wildman–Crippen LogP) is 3.64. The second-order valence-electron chi connectivity index (χ2n) is 7.44. The third-order valence-electron chi connectivity index (χ3n) is 5.27. The number of amides is 2. The zero-order valence-electron chi connectivity index (χ0n) is 16.6. The van der Waals surface area contributed by atoms with Gasteiger partial charge in [-0.15, -0.1) is 0 Å². The summed E-state index contributed by atoms with van der Waals surface area (Å²) in [7, 11) is 0. The molecule has 0 radical (unpaired) electrons. The lowest BCUT2D eigenvalue weighted by Gasteiger charge is -2.26. The van der Waals surface area contributed by atoms with Crippen molar-refractivity contribution < 1.29 is 27.3 Å². The van der Waals surface area contributed by atoms with Crippen LogP contribution in [0.15, 0.2) is 41.1 Å². The molecule has 2 aromatic heterocycles. The van der Waals surface area contributed by atoms with Crippen LogP contribution in [0, 0.1) is 6.92 Å². The number of hydrogen-bond donors (Lipinski definition) is 1. The Hall–Kier alpha value is -3.43. The molecule has 1 N–H and O–H groups in total. The van der Waals surface area contributed by atoms with Crippen LogP contribution >= 0.6 is 0 Å². The summed E-state index contributed by atoms with van der Waals surface area (Å²) in [5.74, 6) is -0.613. The Morgan fingerprint density at radius 2 is 2.13 bits per heavy atom. The third kappa shape index (κ3) is 4.37. The van der Waals surface area contributed by atoms with Gasteiger partial charge >= 0.3 is 6.18 Å². The molecule has 3 aromatic rings. The van der Waals surface area contributed by atoms with E-state index in [2.05, 4.69) is 15.5 Å². The Kier molecular flexibility index (Phi) is 5.38. The van der Waals surface area contributed by atoms with Crippen LogP contribution in [0.3, 0.4) is 0 Å². The minimum Gasteiger partial charge on any atom is -0.343 e. The van der Waals surface area contributed by atoms with Crippen LogP contribution < -0.4 is 5.32 Å². The Bertz CT molecular complexity index is 1140. The van der Waals surface area contributed by atoms with Crippen molar-refractivity contribution in [3.05, 3.63) is 58.9 Å². The first-order valence-electron chi connectivity index (χ1n) is 9.70. The van der Waals surface area contributed by atoms with Crippen molar-refractivity contribution in [2.24, 2.45) is 0 Å². The fraction of sp³-hybridized carbons (Fsp3) is 0.333. The molecule has 0 bridgehead atoms. The van der Waals surface area contributed by atoms with Gasteiger partial charge in [-0.25, -0.2) is 4.98 Å². The minimum absolute atomic E-state index is 0.0772. The largest absolute Gasteiger partial charge is 0.416 e. The van der Waals surface area contributed by atoms with Crippen LogP contribution in [0.5, 0.6) is 0 Å². The molecule has 31 heavy (non-hydrogen) atoms. The molecule has 1 aliphatic heterocycles. The van der Waals surface area contributed by atoms with Gasteiger partial charge < -0.3 is 14.7 Å². The molecule has 0 saturated carbocycles. The molecular formula is C21H19F3N4O3. The van der Waals surface area contributed by atoms with E-state index in [-0.39, 0.29) is 29.3 Å². The van der Waals surface area contributed by atoms with Crippen LogP contribution in [0.2, 0.25) is 0 Å². The molecule has 1 aliphatic rings. The summed E-state index contributed by atoms with van der Waals surface area (Å²) in [5, 5.41) is 7.12. The molecule has 0 unspecified atom stereocenters. The summed E-state index contributed by atoms with van der Waals surface area (Å²) >= 11 is 0. The summed E-state index contributed by atoms with van der Waals surface area (Å²) in [6.07, 6.45) is -2.15. The smallest absolute Gasteiger partial charge is 0.343 e. The van der Waals surface area contributed by atoms with Gasteiger partial charge in [-0.05, 0) is 37.1 Å². The average Bonchev–Trinajstić information content (AvgIpc) is 3.32. The summed E-state index contributed by atoms with van der Waals surface area (Å²) in [6, 6.07) is 5.50. The van der Waals surface area contributed by atoms with Crippen molar-refractivity contribution in [2.75, 3.05) is 13.1 Å². The number of alkyl halides is 3. The lowest BCUT2D eigenvalue weighted by molar-refractivity contribution is -0.137. The Balaban J connectivity index is 1.64. The molecule has 10 heteroatoms. The van der Waals surface area contributed by atoms with E-state index in [9.17, 15) is 22.8 Å². The molecule has 4 rings (SSSR count). The van der Waals surface area contributed by atoms with Gasteiger partial charge in [0.2, 0.25) is 5.91 Å². The third-order valence-corrected chi connectivity index (χ3v) is 5.27. The van der Waals surface area contributed by atoms with E-state index in [1.54, 1.807) is 17.9 Å². The molecule has 162 valence electrons. The van der Waals surface area contributed by atoms with Crippen molar-refractivity contribution in [3.8, 4) is 0 Å². The number of halogens is 3. The van der Waals surface area contributed by atoms with Gasteiger partial charge in [-0.2, -0.15) is 13.2 Å². The van der Waals surface area contributed by atoms with Crippen molar-refractivity contribution in [2.45, 2.75) is 32.0 Å². The van der Waals surface area contributed by atoms with Crippen LogP contribution in [0.1, 0.15) is 46.1 Å². The van der Waals surface area contributed by atoms with Gasteiger partial charge in [0, 0.05) is 25.7 Å². The molecule has 3 heterocycles. The Labute approximate surface area is 175 Å². The minimum atomic E-state index is -4.52. The van der Waals surface area contributed by atoms with Gasteiger partial charge in [0.15, 0.2) is 0 Å². The number of nitrogens with zero attached hydrogens (tertiary/aromatic N) is 3. The lowest BCUT2D eigenvalue weighted by atomic mass is 10.0. The van der Waals surface area contributed by atoms with E-state index in [1.165, 1.54) is 18.3 Å². The predicted molar refractivity (Wildman–Crippen MR) is 104 cm³/mol. The number of likely N-dealkylation sites (tertiary alicyclic amines) is 1. The standard InChI is InChI=1S/C21H19F3N4O3/c1-12-16-9-14(10-25-20(16)31-27-12)19(30)26-17(11-28-7-3-6-18(28)29)13-4-2-5-15(8-13)21(22,23)24/h2,4-5,8-10,17H,3,6-7,11H2,1H3,(H,26,30)/t17-/m0/s1. The molecular weight excluding hydrogens is 413 g/mol. The van der Waals surface area contributed by atoms with E-state index in [1.807, 2.05) is 0 Å². The first-order chi connectivity index (χ1) is 14.7. The molecule has 7 nitrogen and oxygen atoms in total. The molecule has 1 atom stereocenters. The highest BCUT2D eigenvalue weighted by Crippen LogP contribution is 2.31. The summed E-state index contributed by atoms with van der Waals surface area (Å²) in [4.78, 5) is 30.6. The molecule has 0 spiro atoms. The fourth-order valence-corrected chi connectivity index (χ4v) is 3.59. The Morgan fingerprint density at radius 1 is 1.32 bits per heavy atom. The van der Waals surface area contributed by atoms with Crippen molar-refractivity contribution >= 4 is 22.9 Å². The van der Waals surface area contributed by atoms with Crippen LogP contribution in [-0.4, -0.2) is 39.9 Å². The molecule has 1 saturated heterocycles. The van der Waals surface area contributed by atoms with E-state index in [0.29, 0.717) is 30.5 Å². The van der Waals surface area contributed by atoms with Gasteiger partial charge in [-0.3, -0.25) is 9.59 Å². The number of nitrogens with one attached hydrogen (secondary N) is 1. The Morgan fingerprint density at radius 3 is 2.84 bits per heavy atom. The average molecular weight is 432 g/mol. The number of benzene rings is 1. The van der Waals surface area contributed by atoms with Gasteiger partial charge in [0.1, 0.15) is 0 Å². The number of carbonyl (C=O) groups is 2. The maximum atomic E-state index is 13.2. The number of rotatable bonds is 5. The van der Waals surface area contributed by atoms with E-state index < -0.39 is 23.7 Å². The van der Waals surface area contributed by atoms with Crippen molar-refractivity contribution in [1.82, 2.24) is 20.4 Å². The number of fused-ring (bicyclic) bond motifs is 1. The zero-order valence-corrected chi connectivity index (χ0v) is 16.6. The lowest BCUT2D eigenvalue weighted by Crippen LogP contribution is -2.38. The molecule has 1 aromatic carbocycles. The van der Waals surface area contributed by atoms with Crippen molar-refractivity contribution in [1.29, 1.82) is 0 Å². The molecule has 2 amide bonds. The van der Waals surface area contributed by atoms with Crippen LogP contribution in [0.25, 0.3) is 11.1 Å². The van der Waals surface area contributed by atoms with E-state index >= 15 is 0 Å². The highest BCUT2D eigenvalue weighted by Gasteiger charge is 2.32. The number of pyridine rings is 1. The topological polar surface area (TPSA) is 88.3 Å². The van der Waals surface area contributed by atoms with Crippen LogP contribution in [-0.2, 0) is 11.0 Å². The van der Waals surface area contributed by atoms with Crippen molar-refractivity contribution in [3.63, 3.8) is 0 Å². The second kappa shape index (κ2) is 8.01. The normalized spacial score (nSPS) is 15.5. The van der Waals surface area contributed by atoms with Gasteiger partial charge in [-0.1, -0.05) is 17.3 Å².